The molecule has 1 amide bonds. The summed E-state index contributed by atoms with van der Waals surface area (Å²) >= 11 is 0. The molecule has 0 aromatic heterocycles. The fourth-order valence-corrected chi connectivity index (χ4v) is 4.70. The summed E-state index contributed by atoms with van der Waals surface area (Å²) in [6.45, 7) is 2.77. The summed E-state index contributed by atoms with van der Waals surface area (Å²) in [7, 11) is -3.84. The Hall–Kier alpha value is -2.63. The predicted molar refractivity (Wildman–Crippen MR) is 103 cm³/mol. The summed E-state index contributed by atoms with van der Waals surface area (Å²) in [5.41, 5.74) is 4.38. The van der Waals surface area contributed by atoms with Crippen LogP contribution in [0.15, 0.2) is 35.2 Å². The lowest BCUT2D eigenvalue weighted by molar-refractivity contribution is 0.0730. The average molecular weight is 443 g/mol. The van der Waals surface area contributed by atoms with Crippen LogP contribution < -0.4 is 10.9 Å². The molecule has 0 bridgehead atoms. The lowest BCUT2D eigenvalue weighted by atomic mass is 10.1. The third-order valence-electron chi connectivity index (χ3n) is 4.64. The highest BCUT2D eigenvalue weighted by atomic mass is 32.2. The van der Waals surface area contributed by atoms with Crippen molar-refractivity contribution in [3.8, 4) is 0 Å². The van der Waals surface area contributed by atoms with Gasteiger partial charge in [0.2, 0.25) is 10.0 Å². The second-order valence-electron chi connectivity index (χ2n) is 6.49. The van der Waals surface area contributed by atoms with E-state index in [2.05, 4.69) is 10.9 Å². The maximum Gasteiger partial charge on any atom is 0.269 e. The molecule has 0 unspecified atom stereocenters. The Morgan fingerprint density at radius 1 is 1.10 bits per heavy atom. The lowest BCUT2D eigenvalue weighted by Gasteiger charge is -2.27. The Balaban J connectivity index is 1.83. The number of morpholine rings is 1. The van der Waals surface area contributed by atoms with Gasteiger partial charge in [-0.15, -0.1) is 0 Å². The first-order chi connectivity index (χ1) is 14.3. The number of anilines is 1. The van der Waals surface area contributed by atoms with E-state index in [4.69, 9.17) is 4.74 Å². The van der Waals surface area contributed by atoms with Crippen molar-refractivity contribution in [2.45, 2.75) is 18.2 Å². The highest BCUT2D eigenvalue weighted by Crippen LogP contribution is 2.24. The van der Waals surface area contributed by atoms with E-state index >= 15 is 0 Å². The van der Waals surface area contributed by atoms with Gasteiger partial charge in [0, 0.05) is 18.7 Å². The number of benzene rings is 2. The van der Waals surface area contributed by atoms with E-state index in [-0.39, 0.29) is 36.8 Å². The minimum absolute atomic E-state index is 0.00134. The molecule has 0 atom stereocenters. The van der Waals surface area contributed by atoms with Crippen molar-refractivity contribution in [3.63, 3.8) is 0 Å². The van der Waals surface area contributed by atoms with E-state index in [0.717, 1.165) is 6.07 Å². The van der Waals surface area contributed by atoms with Gasteiger partial charge >= 0.3 is 0 Å². The van der Waals surface area contributed by atoms with Crippen molar-refractivity contribution in [3.05, 3.63) is 58.9 Å². The fourth-order valence-electron chi connectivity index (χ4n) is 2.97. The minimum Gasteiger partial charge on any atom is -0.379 e. The zero-order valence-corrected chi connectivity index (χ0v) is 16.9. The van der Waals surface area contributed by atoms with Gasteiger partial charge in [0.05, 0.1) is 23.8 Å². The molecule has 2 aromatic rings. The molecule has 2 aromatic carbocycles. The molecule has 1 fully saturated rings. The van der Waals surface area contributed by atoms with Crippen LogP contribution in [0.1, 0.15) is 22.8 Å². The normalized spacial score (nSPS) is 15.1. The number of ether oxygens (including phenoxy) is 1. The highest BCUT2D eigenvalue weighted by molar-refractivity contribution is 7.89. The Kier molecular flexibility index (Phi) is 6.64. The predicted octanol–water partition coefficient (Wildman–Crippen LogP) is 2.44. The van der Waals surface area contributed by atoms with Gasteiger partial charge < -0.3 is 4.74 Å². The number of rotatable bonds is 6. The number of carbonyl (C=O) groups is 1. The molecule has 1 aliphatic rings. The quantitative estimate of drug-likeness (QED) is 0.529. The molecular weight excluding hydrogens is 423 g/mol. The van der Waals surface area contributed by atoms with Crippen molar-refractivity contribution in [1.82, 2.24) is 9.73 Å². The van der Waals surface area contributed by atoms with Crippen LogP contribution in [0.4, 0.5) is 18.9 Å². The van der Waals surface area contributed by atoms with Crippen molar-refractivity contribution >= 4 is 21.6 Å². The summed E-state index contributed by atoms with van der Waals surface area (Å²) in [5, 5.41) is 0. The number of nitrogens with zero attached hydrogens (tertiary/aromatic N) is 1. The smallest absolute Gasteiger partial charge is 0.269 e. The number of nitrogens with one attached hydrogen (secondary N) is 2. The van der Waals surface area contributed by atoms with Gasteiger partial charge in [-0.1, -0.05) is 13.0 Å². The summed E-state index contributed by atoms with van der Waals surface area (Å²) < 4.78 is 72.6. The first kappa shape index (κ1) is 22.1. The van der Waals surface area contributed by atoms with Crippen LogP contribution in [0.5, 0.6) is 0 Å². The molecular formula is C19H20F3N3O4S. The second-order valence-corrected chi connectivity index (χ2v) is 8.40. The van der Waals surface area contributed by atoms with Crippen LogP contribution in [0.2, 0.25) is 0 Å². The highest BCUT2D eigenvalue weighted by Gasteiger charge is 2.29. The first-order valence-corrected chi connectivity index (χ1v) is 10.6. The van der Waals surface area contributed by atoms with Crippen molar-refractivity contribution in [1.29, 1.82) is 0 Å². The van der Waals surface area contributed by atoms with Crippen LogP contribution in [0.3, 0.4) is 0 Å². The molecule has 0 aliphatic carbocycles. The number of amides is 1. The Morgan fingerprint density at radius 2 is 1.80 bits per heavy atom. The van der Waals surface area contributed by atoms with Gasteiger partial charge in [-0.25, -0.2) is 21.6 Å². The third kappa shape index (κ3) is 4.42. The average Bonchev–Trinajstić information content (AvgIpc) is 2.77. The van der Waals surface area contributed by atoms with Gasteiger partial charge in [0.25, 0.3) is 5.91 Å². The van der Waals surface area contributed by atoms with E-state index < -0.39 is 39.1 Å². The molecule has 3 rings (SSSR count). The zero-order chi connectivity index (χ0) is 21.9. The maximum atomic E-state index is 13.7. The van der Waals surface area contributed by atoms with Gasteiger partial charge in [-0.05, 0) is 36.2 Å². The summed E-state index contributed by atoms with van der Waals surface area (Å²) in [4.78, 5) is 12.4. The van der Waals surface area contributed by atoms with Gasteiger partial charge in [-0.2, -0.15) is 4.31 Å². The van der Waals surface area contributed by atoms with Crippen LogP contribution in [0, 0.1) is 17.5 Å². The summed E-state index contributed by atoms with van der Waals surface area (Å²) in [6, 6.07) is 5.82. The number of aryl methyl sites for hydroxylation is 1. The molecule has 162 valence electrons. The molecule has 7 nitrogen and oxygen atoms in total. The molecule has 2 N–H and O–H groups in total. The van der Waals surface area contributed by atoms with E-state index in [9.17, 15) is 26.4 Å². The van der Waals surface area contributed by atoms with Gasteiger partial charge in [0.15, 0.2) is 17.5 Å². The molecule has 0 saturated carbocycles. The van der Waals surface area contributed by atoms with E-state index in [0.29, 0.717) is 18.1 Å². The summed E-state index contributed by atoms with van der Waals surface area (Å²) in [5.74, 6) is -5.31. The molecule has 1 aliphatic heterocycles. The number of hydrogen-bond donors (Lipinski definition) is 2. The Morgan fingerprint density at radius 3 is 2.47 bits per heavy atom. The van der Waals surface area contributed by atoms with E-state index in [1.807, 2.05) is 0 Å². The molecule has 1 heterocycles. The van der Waals surface area contributed by atoms with Crippen LogP contribution in [-0.2, 0) is 21.2 Å². The molecule has 1 saturated heterocycles. The molecule has 0 radical (unpaired) electrons. The van der Waals surface area contributed by atoms with Gasteiger partial charge in [-0.3, -0.25) is 15.6 Å². The number of halogens is 3. The Labute approximate surface area is 171 Å². The zero-order valence-electron chi connectivity index (χ0n) is 16.0. The molecule has 0 spiro atoms. The second kappa shape index (κ2) is 9.02. The summed E-state index contributed by atoms with van der Waals surface area (Å²) in [6.07, 6.45) is 0.430. The standard InChI is InChI=1S/C19H20F3N3O4S/c1-2-12-3-4-13(11-16(12)30(27,28)25-7-9-29-10-8-25)19(26)24-23-15-6-5-14(20)17(21)18(15)22/h3-6,11,23H,2,7-10H2,1H3,(H,24,26). The SMILES string of the molecule is CCc1ccc(C(=O)NNc2ccc(F)c(F)c2F)cc1S(=O)(=O)N1CCOCC1. The topological polar surface area (TPSA) is 87.7 Å². The number of hydrazine groups is 1. The minimum atomic E-state index is -3.84. The van der Waals surface area contributed by atoms with Crippen molar-refractivity contribution in [2.75, 3.05) is 31.7 Å². The van der Waals surface area contributed by atoms with E-state index in [1.165, 1.54) is 22.5 Å². The van der Waals surface area contributed by atoms with Crippen LogP contribution in [-0.4, -0.2) is 44.9 Å². The monoisotopic (exact) mass is 443 g/mol. The van der Waals surface area contributed by atoms with Crippen molar-refractivity contribution < 1.29 is 31.1 Å². The lowest BCUT2D eigenvalue weighted by Crippen LogP contribution is -2.41. The number of sulfonamides is 1. The van der Waals surface area contributed by atoms with Crippen LogP contribution in [0.25, 0.3) is 0 Å². The molecule has 30 heavy (non-hydrogen) atoms. The Bertz CT molecular complexity index is 1060. The van der Waals surface area contributed by atoms with Gasteiger partial charge in [0.1, 0.15) is 0 Å². The first-order valence-electron chi connectivity index (χ1n) is 9.16. The van der Waals surface area contributed by atoms with E-state index in [1.54, 1.807) is 6.92 Å². The fraction of sp³-hybridized carbons (Fsp3) is 0.316. The third-order valence-corrected chi connectivity index (χ3v) is 6.62. The largest absolute Gasteiger partial charge is 0.379 e. The van der Waals surface area contributed by atoms with Crippen LogP contribution >= 0.6 is 0 Å². The number of hydrogen-bond acceptors (Lipinski definition) is 5. The molecule has 11 heteroatoms. The van der Waals surface area contributed by atoms with Crippen molar-refractivity contribution in [2.24, 2.45) is 0 Å². The number of carbonyl (C=O) groups excluding carboxylic acids is 1. The maximum absolute atomic E-state index is 13.7.